The van der Waals surface area contributed by atoms with Gasteiger partial charge in [-0.2, -0.15) is 0 Å². The van der Waals surface area contributed by atoms with Crippen LogP contribution in [0.3, 0.4) is 0 Å². The van der Waals surface area contributed by atoms with Crippen LogP contribution in [0.5, 0.6) is 0 Å². The fourth-order valence-electron chi connectivity index (χ4n) is 1.32. The van der Waals surface area contributed by atoms with Gasteiger partial charge in [0, 0.05) is 23.9 Å². The SMILES string of the molecule is CC(CO)C(C)NC(=O)CCc1cccs1. The lowest BCUT2D eigenvalue weighted by molar-refractivity contribution is -0.122. The Kier molecular flexibility index (Phi) is 5.49. The number of nitrogens with one attached hydrogen (secondary N) is 1. The topological polar surface area (TPSA) is 49.3 Å². The Labute approximate surface area is 100 Å². The molecule has 4 heteroatoms. The van der Waals surface area contributed by atoms with E-state index in [9.17, 15) is 4.79 Å². The van der Waals surface area contributed by atoms with E-state index in [-0.39, 0.29) is 24.5 Å². The fraction of sp³-hybridized carbons (Fsp3) is 0.583. The van der Waals surface area contributed by atoms with E-state index >= 15 is 0 Å². The van der Waals surface area contributed by atoms with E-state index in [1.54, 1.807) is 11.3 Å². The third-order valence-corrected chi connectivity index (χ3v) is 3.64. The van der Waals surface area contributed by atoms with Gasteiger partial charge in [0.2, 0.25) is 5.91 Å². The molecule has 0 aliphatic rings. The zero-order chi connectivity index (χ0) is 12.0. The average molecular weight is 241 g/mol. The summed E-state index contributed by atoms with van der Waals surface area (Å²) in [4.78, 5) is 12.8. The smallest absolute Gasteiger partial charge is 0.220 e. The molecule has 1 aromatic rings. The zero-order valence-electron chi connectivity index (χ0n) is 9.77. The highest BCUT2D eigenvalue weighted by molar-refractivity contribution is 7.09. The van der Waals surface area contributed by atoms with Crippen LogP contribution in [-0.4, -0.2) is 23.7 Å². The Morgan fingerprint density at radius 3 is 2.88 bits per heavy atom. The third-order valence-electron chi connectivity index (χ3n) is 2.71. The highest BCUT2D eigenvalue weighted by Gasteiger charge is 2.13. The molecule has 1 amide bonds. The first kappa shape index (κ1) is 13.2. The van der Waals surface area contributed by atoms with Crippen molar-refractivity contribution in [1.29, 1.82) is 0 Å². The molecule has 2 unspecified atom stereocenters. The maximum Gasteiger partial charge on any atom is 0.220 e. The van der Waals surface area contributed by atoms with Crippen molar-refractivity contribution in [3.05, 3.63) is 22.4 Å². The molecule has 0 bridgehead atoms. The highest BCUT2D eigenvalue weighted by Crippen LogP contribution is 2.11. The Morgan fingerprint density at radius 1 is 1.56 bits per heavy atom. The van der Waals surface area contributed by atoms with E-state index in [0.717, 1.165) is 6.42 Å². The minimum absolute atomic E-state index is 0.0286. The molecule has 3 nitrogen and oxygen atoms in total. The van der Waals surface area contributed by atoms with Crippen LogP contribution >= 0.6 is 11.3 Å². The van der Waals surface area contributed by atoms with Crippen molar-refractivity contribution < 1.29 is 9.90 Å². The van der Waals surface area contributed by atoms with Gasteiger partial charge in [-0.25, -0.2) is 0 Å². The number of rotatable bonds is 6. The van der Waals surface area contributed by atoms with E-state index < -0.39 is 0 Å². The number of thiophene rings is 1. The van der Waals surface area contributed by atoms with E-state index in [4.69, 9.17) is 5.11 Å². The Balaban J connectivity index is 2.25. The van der Waals surface area contributed by atoms with E-state index in [1.807, 2.05) is 31.4 Å². The second-order valence-electron chi connectivity index (χ2n) is 4.10. The predicted octanol–water partition coefficient (Wildman–Crippen LogP) is 1.81. The van der Waals surface area contributed by atoms with Crippen LogP contribution in [0.1, 0.15) is 25.1 Å². The van der Waals surface area contributed by atoms with Gasteiger partial charge in [-0.15, -0.1) is 11.3 Å². The van der Waals surface area contributed by atoms with Gasteiger partial charge in [0.05, 0.1) is 0 Å². The van der Waals surface area contributed by atoms with Gasteiger partial charge in [-0.05, 0) is 30.7 Å². The lowest BCUT2D eigenvalue weighted by atomic mass is 10.1. The summed E-state index contributed by atoms with van der Waals surface area (Å²) in [6, 6.07) is 4.06. The molecule has 2 N–H and O–H groups in total. The molecule has 1 aromatic heterocycles. The van der Waals surface area contributed by atoms with Crippen LogP contribution in [0.4, 0.5) is 0 Å². The maximum atomic E-state index is 11.6. The molecule has 0 saturated carbocycles. The van der Waals surface area contributed by atoms with Gasteiger partial charge in [0.15, 0.2) is 0 Å². The van der Waals surface area contributed by atoms with Crippen molar-refractivity contribution in [2.24, 2.45) is 5.92 Å². The monoisotopic (exact) mass is 241 g/mol. The Morgan fingerprint density at radius 2 is 2.31 bits per heavy atom. The van der Waals surface area contributed by atoms with Crippen LogP contribution in [0, 0.1) is 5.92 Å². The molecule has 0 aliphatic heterocycles. The summed E-state index contributed by atoms with van der Waals surface area (Å²) in [6.07, 6.45) is 1.31. The van der Waals surface area contributed by atoms with E-state index in [2.05, 4.69) is 5.32 Å². The van der Waals surface area contributed by atoms with Crippen molar-refractivity contribution >= 4 is 17.2 Å². The van der Waals surface area contributed by atoms with Crippen LogP contribution in [-0.2, 0) is 11.2 Å². The lowest BCUT2D eigenvalue weighted by Gasteiger charge is -2.19. The number of aliphatic hydroxyl groups excluding tert-OH is 1. The zero-order valence-corrected chi connectivity index (χ0v) is 10.6. The summed E-state index contributed by atoms with van der Waals surface area (Å²) >= 11 is 1.67. The number of amides is 1. The number of hydrogen-bond donors (Lipinski definition) is 2. The van der Waals surface area contributed by atoms with Crippen LogP contribution < -0.4 is 5.32 Å². The van der Waals surface area contributed by atoms with Crippen LogP contribution in [0.15, 0.2) is 17.5 Å². The van der Waals surface area contributed by atoms with Gasteiger partial charge >= 0.3 is 0 Å². The number of hydrogen-bond acceptors (Lipinski definition) is 3. The molecule has 0 saturated heterocycles. The molecule has 2 atom stereocenters. The second kappa shape index (κ2) is 6.66. The quantitative estimate of drug-likeness (QED) is 0.798. The molecular formula is C12H19NO2S. The number of aliphatic hydroxyl groups is 1. The molecule has 1 rings (SSSR count). The van der Waals surface area contributed by atoms with Crippen molar-refractivity contribution in [2.45, 2.75) is 32.7 Å². The van der Waals surface area contributed by atoms with Crippen molar-refractivity contribution in [2.75, 3.05) is 6.61 Å². The molecule has 0 aromatic carbocycles. The minimum atomic E-state index is 0.0286. The van der Waals surface area contributed by atoms with Crippen molar-refractivity contribution in [3.63, 3.8) is 0 Å². The summed E-state index contributed by atoms with van der Waals surface area (Å²) in [5.74, 6) is 0.159. The molecular weight excluding hydrogens is 222 g/mol. The summed E-state index contributed by atoms with van der Waals surface area (Å²) in [6.45, 7) is 3.94. The van der Waals surface area contributed by atoms with E-state index in [0.29, 0.717) is 6.42 Å². The summed E-state index contributed by atoms with van der Waals surface area (Å²) in [7, 11) is 0. The molecule has 0 radical (unpaired) electrons. The number of aryl methyl sites for hydroxylation is 1. The largest absolute Gasteiger partial charge is 0.396 e. The normalized spacial score (nSPS) is 14.4. The van der Waals surface area contributed by atoms with Gasteiger partial charge in [-0.3, -0.25) is 4.79 Å². The van der Waals surface area contributed by atoms with Crippen LogP contribution in [0.2, 0.25) is 0 Å². The van der Waals surface area contributed by atoms with Gasteiger partial charge in [0.25, 0.3) is 0 Å². The molecule has 0 aliphatic carbocycles. The lowest BCUT2D eigenvalue weighted by Crippen LogP contribution is -2.38. The molecule has 0 fully saturated rings. The van der Waals surface area contributed by atoms with Crippen molar-refractivity contribution in [1.82, 2.24) is 5.32 Å². The second-order valence-corrected chi connectivity index (χ2v) is 5.13. The van der Waals surface area contributed by atoms with Gasteiger partial charge < -0.3 is 10.4 Å². The van der Waals surface area contributed by atoms with Crippen molar-refractivity contribution in [3.8, 4) is 0 Å². The van der Waals surface area contributed by atoms with Crippen LogP contribution in [0.25, 0.3) is 0 Å². The van der Waals surface area contributed by atoms with Gasteiger partial charge in [-0.1, -0.05) is 13.0 Å². The summed E-state index contributed by atoms with van der Waals surface area (Å²) in [5, 5.41) is 13.9. The fourth-order valence-corrected chi connectivity index (χ4v) is 2.03. The standard InChI is InChI=1S/C12H19NO2S/c1-9(8-14)10(2)13-12(15)6-5-11-4-3-7-16-11/h3-4,7,9-10,14H,5-6,8H2,1-2H3,(H,13,15). The predicted molar refractivity (Wildman–Crippen MR) is 66.5 cm³/mol. The summed E-state index contributed by atoms with van der Waals surface area (Å²) in [5.41, 5.74) is 0. The highest BCUT2D eigenvalue weighted by atomic mass is 32.1. The summed E-state index contributed by atoms with van der Waals surface area (Å²) < 4.78 is 0. The third kappa shape index (κ3) is 4.33. The number of carbonyl (C=O) groups excluding carboxylic acids is 1. The Bertz CT molecular complexity index is 311. The molecule has 0 spiro atoms. The first-order valence-corrected chi connectivity index (χ1v) is 6.44. The average Bonchev–Trinajstić information content (AvgIpc) is 2.78. The molecule has 1 heterocycles. The van der Waals surface area contributed by atoms with Gasteiger partial charge in [0.1, 0.15) is 0 Å². The minimum Gasteiger partial charge on any atom is -0.396 e. The first-order chi connectivity index (χ1) is 7.63. The molecule has 16 heavy (non-hydrogen) atoms. The number of carbonyl (C=O) groups is 1. The first-order valence-electron chi connectivity index (χ1n) is 5.56. The molecule has 90 valence electrons. The Hall–Kier alpha value is -0.870. The maximum absolute atomic E-state index is 11.6. The van der Waals surface area contributed by atoms with E-state index in [1.165, 1.54) is 4.88 Å².